The quantitative estimate of drug-likeness (QED) is 0.259. The molecule has 1 amide bonds. The lowest BCUT2D eigenvalue weighted by atomic mass is 9.99. The van der Waals surface area contributed by atoms with Gasteiger partial charge in [0.05, 0.1) is 23.2 Å². The van der Waals surface area contributed by atoms with Gasteiger partial charge < -0.3 is 19.2 Å². The molecular weight excluding hydrogens is 481 g/mol. The Hall–Kier alpha value is -4.65. The molecule has 0 saturated carbocycles. The van der Waals surface area contributed by atoms with Gasteiger partial charge in [0, 0.05) is 11.9 Å². The molecule has 2 heterocycles. The second-order valence-corrected chi connectivity index (χ2v) is 9.32. The maximum Gasteiger partial charge on any atom is 0.355 e. The first kappa shape index (κ1) is 25.0. The zero-order chi connectivity index (χ0) is 26.6. The van der Waals surface area contributed by atoms with E-state index in [1.165, 1.54) is 12.1 Å². The van der Waals surface area contributed by atoms with E-state index in [1.54, 1.807) is 36.6 Å². The number of carbonyl (C=O) groups is 2. The fraction of sp³-hybridized carbons (Fsp3) is 0.161. The van der Waals surface area contributed by atoms with Crippen LogP contribution in [0.3, 0.4) is 0 Å². The van der Waals surface area contributed by atoms with E-state index >= 15 is 0 Å². The number of fused-ring (bicyclic) bond motifs is 1. The average Bonchev–Trinajstić information content (AvgIpc) is 3.49. The van der Waals surface area contributed by atoms with Crippen LogP contribution < -0.4 is 5.32 Å². The second-order valence-electron chi connectivity index (χ2n) is 9.32. The molecule has 0 aliphatic carbocycles. The monoisotopic (exact) mass is 509 g/mol. The van der Waals surface area contributed by atoms with Crippen molar-refractivity contribution < 1.29 is 18.7 Å². The number of halogens is 1. The van der Waals surface area contributed by atoms with Crippen molar-refractivity contribution in [2.24, 2.45) is 0 Å². The summed E-state index contributed by atoms with van der Waals surface area (Å²) >= 11 is 0. The Kier molecular flexibility index (Phi) is 7.09. The number of hydrogen-bond donors (Lipinski definition) is 1. The highest BCUT2D eigenvalue weighted by Gasteiger charge is 2.24. The van der Waals surface area contributed by atoms with E-state index < -0.39 is 5.97 Å². The third-order valence-electron chi connectivity index (χ3n) is 6.29. The molecule has 192 valence electrons. The third kappa shape index (κ3) is 5.22. The van der Waals surface area contributed by atoms with Crippen LogP contribution in [-0.2, 0) is 16.1 Å². The highest BCUT2D eigenvalue weighted by molar-refractivity contribution is 5.96. The van der Waals surface area contributed by atoms with Crippen LogP contribution >= 0.6 is 0 Å². The van der Waals surface area contributed by atoms with Gasteiger partial charge in [-0.1, -0.05) is 60.7 Å². The Morgan fingerprint density at radius 2 is 1.45 bits per heavy atom. The van der Waals surface area contributed by atoms with Crippen LogP contribution in [0, 0.1) is 5.82 Å². The number of nitrogens with one attached hydrogen (secondary N) is 1. The maximum absolute atomic E-state index is 13.5. The summed E-state index contributed by atoms with van der Waals surface area (Å²) in [6.45, 7) is 3.47. The number of hydrogen-bond acceptors (Lipinski definition) is 3. The zero-order valence-corrected chi connectivity index (χ0v) is 21.2. The first-order valence-electron chi connectivity index (χ1n) is 12.5. The van der Waals surface area contributed by atoms with Crippen molar-refractivity contribution in [1.82, 2.24) is 14.5 Å². The summed E-state index contributed by atoms with van der Waals surface area (Å²) < 4.78 is 22.5. The Balaban J connectivity index is 1.51. The lowest BCUT2D eigenvalue weighted by molar-refractivity contribution is -0.122. The molecule has 2 aromatic heterocycles. The van der Waals surface area contributed by atoms with E-state index in [-0.39, 0.29) is 36.1 Å². The molecule has 0 fully saturated rings. The van der Waals surface area contributed by atoms with Crippen LogP contribution in [0.4, 0.5) is 4.39 Å². The number of esters is 1. The predicted molar refractivity (Wildman–Crippen MR) is 145 cm³/mol. The molecule has 0 unspecified atom stereocenters. The van der Waals surface area contributed by atoms with E-state index in [4.69, 9.17) is 4.74 Å². The highest BCUT2D eigenvalue weighted by Crippen LogP contribution is 2.27. The van der Waals surface area contributed by atoms with Gasteiger partial charge in [0.2, 0.25) is 5.91 Å². The topological polar surface area (TPSA) is 65.3 Å². The summed E-state index contributed by atoms with van der Waals surface area (Å²) in [6, 6.07) is 28.8. The average molecular weight is 510 g/mol. The first-order valence-corrected chi connectivity index (χ1v) is 12.5. The minimum absolute atomic E-state index is 0.0877. The zero-order valence-electron chi connectivity index (χ0n) is 21.2. The van der Waals surface area contributed by atoms with Crippen LogP contribution in [0.5, 0.6) is 0 Å². The molecule has 0 radical (unpaired) electrons. The van der Waals surface area contributed by atoms with Crippen molar-refractivity contribution in [3.8, 4) is 5.69 Å². The van der Waals surface area contributed by atoms with Crippen LogP contribution in [-0.4, -0.2) is 27.1 Å². The number of amides is 1. The van der Waals surface area contributed by atoms with Crippen molar-refractivity contribution in [2.75, 3.05) is 0 Å². The number of aromatic nitrogens is 2. The molecule has 0 aliphatic rings. The standard InChI is InChI=1S/C31H28FN3O3/c1-21(2)38-31(37)28-19-27-26(17-18-34(27)25-15-13-24(32)14-16-25)35(28)20-29(36)33-30(22-9-5-3-6-10-22)23-11-7-4-8-12-23/h3-19,21,30H,20H2,1-2H3,(H,33,36). The summed E-state index contributed by atoms with van der Waals surface area (Å²) in [6.07, 6.45) is 1.51. The summed E-state index contributed by atoms with van der Waals surface area (Å²) in [5.74, 6) is -1.11. The van der Waals surface area contributed by atoms with Gasteiger partial charge in [0.15, 0.2) is 0 Å². The van der Waals surface area contributed by atoms with E-state index in [0.29, 0.717) is 11.0 Å². The second kappa shape index (κ2) is 10.8. The normalized spacial score (nSPS) is 11.3. The fourth-order valence-electron chi connectivity index (χ4n) is 4.58. The molecule has 6 nitrogen and oxygen atoms in total. The molecule has 5 rings (SSSR count). The van der Waals surface area contributed by atoms with Crippen LogP contribution in [0.1, 0.15) is 41.5 Å². The number of ether oxygens (including phenoxy) is 1. The summed E-state index contributed by atoms with van der Waals surface area (Å²) in [7, 11) is 0. The SMILES string of the molecule is CC(C)OC(=O)c1cc2c(ccn2-c2ccc(F)cc2)n1CC(=O)NC(c1ccccc1)c1ccccc1. The van der Waals surface area contributed by atoms with Gasteiger partial charge in [-0.2, -0.15) is 0 Å². The van der Waals surface area contributed by atoms with Crippen molar-refractivity contribution in [3.63, 3.8) is 0 Å². The van der Waals surface area contributed by atoms with Gasteiger partial charge in [-0.25, -0.2) is 9.18 Å². The molecule has 0 atom stereocenters. The Labute approximate surface area is 220 Å². The molecule has 3 aromatic carbocycles. The first-order chi connectivity index (χ1) is 18.4. The number of carbonyl (C=O) groups excluding carboxylic acids is 2. The van der Waals surface area contributed by atoms with E-state index in [9.17, 15) is 14.0 Å². The Morgan fingerprint density at radius 1 is 0.842 bits per heavy atom. The molecular formula is C31H28FN3O3. The molecule has 7 heteroatoms. The van der Waals surface area contributed by atoms with Gasteiger partial charge in [0.1, 0.15) is 18.1 Å². The molecule has 38 heavy (non-hydrogen) atoms. The van der Waals surface area contributed by atoms with Crippen molar-refractivity contribution in [1.29, 1.82) is 0 Å². The van der Waals surface area contributed by atoms with Gasteiger partial charge >= 0.3 is 5.97 Å². The lowest BCUT2D eigenvalue weighted by Crippen LogP contribution is -2.33. The van der Waals surface area contributed by atoms with Crippen molar-refractivity contribution >= 4 is 22.9 Å². The summed E-state index contributed by atoms with van der Waals surface area (Å²) in [4.78, 5) is 26.5. The number of nitrogens with zero attached hydrogens (tertiary/aromatic N) is 2. The van der Waals surface area contributed by atoms with Crippen LogP contribution in [0.25, 0.3) is 16.7 Å². The minimum Gasteiger partial charge on any atom is -0.458 e. The van der Waals surface area contributed by atoms with Crippen LogP contribution in [0.15, 0.2) is 103 Å². The third-order valence-corrected chi connectivity index (χ3v) is 6.29. The lowest BCUT2D eigenvalue weighted by Gasteiger charge is -2.20. The van der Waals surface area contributed by atoms with E-state index in [0.717, 1.165) is 16.8 Å². The summed E-state index contributed by atoms with van der Waals surface area (Å²) in [5.41, 5.74) is 4.31. The van der Waals surface area contributed by atoms with Gasteiger partial charge in [-0.05, 0) is 61.4 Å². The Morgan fingerprint density at radius 3 is 2.03 bits per heavy atom. The highest BCUT2D eigenvalue weighted by atomic mass is 19.1. The van der Waals surface area contributed by atoms with E-state index in [1.807, 2.05) is 77.5 Å². The summed E-state index contributed by atoms with van der Waals surface area (Å²) in [5, 5.41) is 3.14. The fourth-order valence-corrected chi connectivity index (χ4v) is 4.58. The van der Waals surface area contributed by atoms with Crippen molar-refractivity contribution in [3.05, 3.63) is 126 Å². The molecule has 5 aromatic rings. The largest absolute Gasteiger partial charge is 0.458 e. The molecule has 1 N–H and O–H groups in total. The Bertz CT molecular complexity index is 1520. The molecule has 0 spiro atoms. The van der Waals surface area contributed by atoms with Crippen LogP contribution in [0.2, 0.25) is 0 Å². The van der Waals surface area contributed by atoms with Crippen molar-refractivity contribution in [2.45, 2.75) is 32.5 Å². The maximum atomic E-state index is 13.5. The van der Waals surface area contributed by atoms with E-state index in [2.05, 4.69) is 5.32 Å². The van der Waals surface area contributed by atoms with Gasteiger partial charge in [-0.3, -0.25) is 4.79 Å². The minimum atomic E-state index is -0.516. The van der Waals surface area contributed by atoms with Gasteiger partial charge in [0.25, 0.3) is 0 Å². The molecule has 0 saturated heterocycles. The predicted octanol–water partition coefficient (Wildman–Crippen LogP) is 6.04. The molecule has 0 bridgehead atoms. The number of benzene rings is 3. The smallest absolute Gasteiger partial charge is 0.355 e. The molecule has 0 aliphatic heterocycles. The number of rotatable bonds is 8. The van der Waals surface area contributed by atoms with Gasteiger partial charge in [-0.15, -0.1) is 0 Å².